The summed E-state index contributed by atoms with van der Waals surface area (Å²) in [5.74, 6) is 1.51. The highest BCUT2D eigenvalue weighted by Crippen LogP contribution is 2.42. The Labute approximate surface area is 134 Å². The van der Waals surface area contributed by atoms with Crippen molar-refractivity contribution in [2.75, 3.05) is 7.11 Å². The quantitative estimate of drug-likeness (QED) is 0.664. The Morgan fingerprint density at radius 1 is 1.00 bits per heavy atom. The molecule has 0 saturated heterocycles. The molecule has 4 heteroatoms. The number of hydrogen-bond donors (Lipinski definition) is 0. The molecule has 0 N–H and O–H groups in total. The minimum absolute atomic E-state index is 0.669. The Morgan fingerprint density at radius 2 is 1.64 bits per heavy atom. The fraction of sp³-hybridized carbons (Fsp3) is 0.167. The molecule has 0 amide bonds. The number of nitrogens with zero attached hydrogens (tertiary/aromatic N) is 1. The molecule has 1 aromatic heterocycles. The van der Waals surface area contributed by atoms with Crippen molar-refractivity contribution < 1.29 is 9.26 Å². The number of ether oxygens (including phenoxy) is 1. The van der Waals surface area contributed by atoms with Crippen molar-refractivity contribution >= 4 is 11.6 Å². The van der Waals surface area contributed by atoms with Crippen molar-refractivity contribution in [1.82, 2.24) is 5.16 Å². The van der Waals surface area contributed by atoms with E-state index >= 15 is 0 Å². The Kier molecular flexibility index (Phi) is 3.90. The SMILES string of the molecule is COc1ccc(C(Cl)(c2ccccc2)c2cc(C)on2)cc1. The van der Waals surface area contributed by atoms with Crippen molar-refractivity contribution in [1.29, 1.82) is 0 Å². The molecule has 0 aliphatic rings. The van der Waals surface area contributed by atoms with Crippen LogP contribution >= 0.6 is 11.6 Å². The van der Waals surface area contributed by atoms with Gasteiger partial charge in [0, 0.05) is 6.07 Å². The van der Waals surface area contributed by atoms with Crippen LogP contribution in [0.2, 0.25) is 0 Å². The first kappa shape index (κ1) is 14.7. The monoisotopic (exact) mass is 313 g/mol. The van der Waals surface area contributed by atoms with Crippen LogP contribution in [0, 0.1) is 6.92 Å². The number of hydrogen-bond acceptors (Lipinski definition) is 3. The number of aromatic nitrogens is 1. The summed E-state index contributed by atoms with van der Waals surface area (Å²) in [4.78, 5) is -0.898. The highest BCUT2D eigenvalue weighted by atomic mass is 35.5. The van der Waals surface area contributed by atoms with E-state index in [0.717, 1.165) is 22.6 Å². The maximum Gasteiger partial charge on any atom is 0.140 e. The molecule has 3 rings (SSSR count). The molecule has 112 valence electrons. The van der Waals surface area contributed by atoms with E-state index in [1.807, 2.05) is 67.6 Å². The number of benzene rings is 2. The Morgan fingerprint density at radius 3 is 2.18 bits per heavy atom. The minimum atomic E-state index is -0.898. The molecule has 0 saturated carbocycles. The highest BCUT2D eigenvalue weighted by Gasteiger charge is 2.37. The number of halogens is 1. The molecule has 0 fully saturated rings. The zero-order valence-corrected chi connectivity index (χ0v) is 13.2. The molecular weight excluding hydrogens is 298 g/mol. The smallest absolute Gasteiger partial charge is 0.140 e. The third-order valence-corrected chi connectivity index (χ3v) is 4.27. The summed E-state index contributed by atoms with van der Waals surface area (Å²) < 4.78 is 10.5. The molecule has 0 spiro atoms. The number of aryl methyl sites for hydroxylation is 1. The van der Waals surface area contributed by atoms with Crippen LogP contribution in [0.1, 0.15) is 22.6 Å². The standard InChI is InChI=1S/C18H16ClNO2/c1-13-12-17(20-22-13)18(19,14-6-4-3-5-7-14)15-8-10-16(21-2)11-9-15/h3-12H,1-2H3. The largest absolute Gasteiger partial charge is 0.497 e. The average molecular weight is 314 g/mol. The first-order valence-electron chi connectivity index (χ1n) is 6.97. The summed E-state index contributed by atoms with van der Waals surface area (Å²) in [6.45, 7) is 1.85. The normalized spacial score (nSPS) is 13.6. The molecule has 0 radical (unpaired) electrons. The Hall–Kier alpha value is -2.26. The average Bonchev–Trinajstić information content (AvgIpc) is 3.02. The molecule has 2 aromatic carbocycles. The van der Waals surface area contributed by atoms with E-state index in [9.17, 15) is 0 Å². The molecule has 3 nitrogen and oxygen atoms in total. The van der Waals surface area contributed by atoms with Gasteiger partial charge in [0.1, 0.15) is 22.1 Å². The van der Waals surface area contributed by atoms with Crippen molar-refractivity contribution in [3.8, 4) is 5.75 Å². The van der Waals surface area contributed by atoms with Crippen molar-refractivity contribution in [3.63, 3.8) is 0 Å². The van der Waals surface area contributed by atoms with E-state index in [-0.39, 0.29) is 0 Å². The van der Waals surface area contributed by atoms with Gasteiger partial charge >= 0.3 is 0 Å². The van der Waals surface area contributed by atoms with Crippen molar-refractivity contribution in [3.05, 3.63) is 83.2 Å². The van der Waals surface area contributed by atoms with E-state index in [2.05, 4.69) is 5.16 Å². The van der Waals surface area contributed by atoms with Crippen LogP contribution in [0.25, 0.3) is 0 Å². The predicted molar refractivity (Wildman–Crippen MR) is 86.4 cm³/mol. The Balaban J connectivity index is 2.18. The van der Waals surface area contributed by atoms with Gasteiger partial charge in [-0.2, -0.15) is 0 Å². The lowest BCUT2D eigenvalue weighted by Crippen LogP contribution is -2.22. The van der Waals surface area contributed by atoms with E-state index in [4.69, 9.17) is 20.9 Å². The van der Waals surface area contributed by atoms with Crippen LogP contribution in [0.3, 0.4) is 0 Å². The summed E-state index contributed by atoms with van der Waals surface area (Å²) in [6, 6.07) is 19.4. The van der Waals surface area contributed by atoms with Crippen LogP contribution in [-0.4, -0.2) is 12.3 Å². The van der Waals surface area contributed by atoms with Crippen LogP contribution in [0.15, 0.2) is 65.2 Å². The predicted octanol–water partition coefficient (Wildman–Crippen LogP) is 4.52. The number of rotatable bonds is 4. The van der Waals surface area contributed by atoms with Gasteiger partial charge in [0.25, 0.3) is 0 Å². The van der Waals surface area contributed by atoms with Gasteiger partial charge in [-0.15, -0.1) is 11.6 Å². The highest BCUT2D eigenvalue weighted by molar-refractivity contribution is 6.28. The second-order valence-corrected chi connectivity index (χ2v) is 5.64. The summed E-state index contributed by atoms with van der Waals surface area (Å²) in [5, 5.41) is 4.15. The Bertz CT molecular complexity index is 752. The second-order valence-electron chi connectivity index (χ2n) is 5.08. The first-order chi connectivity index (χ1) is 10.6. The fourth-order valence-corrected chi connectivity index (χ4v) is 2.82. The van der Waals surface area contributed by atoms with Gasteiger partial charge in [-0.1, -0.05) is 47.6 Å². The van der Waals surface area contributed by atoms with Gasteiger partial charge in [-0.25, -0.2) is 0 Å². The third-order valence-electron chi connectivity index (χ3n) is 3.64. The van der Waals surface area contributed by atoms with Crippen LogP contribution in [-0.2, 0) is 4.87 Å². The summed E-state index contributed by atoms with van der Waals surface area (Å²) in [7, 11) is 1.64. The molecule has 1 unspecified atom stereocenters. The van der Waals surface area contributed by atoms with Crippen LogP contribution in [0.4, 0.5) is 0 Å². The summed E-state index contributed by atoms with van der Waals surface area (Å²) in [5.41, 5.74) is 2.52. The van der Waals surface area contributed by atoms with Crippen LogP contribution < -0.4 is 4.74 Å². The lowest BCUT2D eigenvalue weighted by Gasteiger charge is -2.26. The molecule has 0 aliphatic heterocycles. The molecule has 22 heavy (non-hydrogen) atoms. The molecular formula is C18H16ClNO2. The third kappa shape index (κ3) is 2.48. The lowest BCUT2D eigenvalue weighted by atomic mass is 9.87. The molecule has 1 atom stereocenters. The molecule has 1 heterocycles. The molecule has 0 aliphatic carbocycles. The van der Waals surface area contributed by atoms with Crippen LogP contribution in [0.5, 0.6) is 5.75 Å². The van der Waals surface area contributed by atoms with E-state index in [0.29, 0.717) is 5.69 Å². The maximum absolute atomic E-state index is 7.06. The van der Waals surface area contributed by atoms with E-state index in [1.165, 1.54) is 0 Å². The van der Waals surface area contributed by atoms with Gasteiger partial charge in [0.2, 0.25) is 0 Å². The summed E-state index contributed by atoms with van der Waals surface area (Å²) >= 11 is 7.06. The topological polar surface area (TPSA) is 35.3 Å². The molecule has 3 aromatic rings. The van der Waals surface area contributed by atoms with Gasteiger partial charge in [-0.3, -0.25) is 0 Å². The summed E-state index contributed by atoms with van der Waals surface area (Å²) in [6.07, 6.45) is 0. The number of methoxy groups -OCH3 is 1. The van der Waals surface area contributed by atoms with Gasteiger partial charge < -0.3 is 9.26 Å². The molecule has 0 bridgehead atoms. The van der Waals surface area contributed by atoms with Gasteiger partial charge in [-0.05, 0) is 30.2 Å². The van der Waals surface area contributed by atoms with Gasteiger partial charge in [0.05, 0.1) is 7.11 Å². The van der Waals surface area contributed by atoms with E-state index < -0.39 is 4.87 Å². The number of alkyl halides is 1. The maximum atomic E-state index is 7.06. The fourth-order valence-electron chi connectivity index (χ4n) is 2.48. The lowest BCUT2D eigenvalue weighted by molar-refractivity contribution is 0.387. The minimum Gasteiger partial charge on any atom is -0.497 e. The zero-order chi connectivity index (χ0) is 15.6. The second kappa shape index (κ2) is 5.85. The first-order valence-corrected chi connectivity index (χ1v) is 7.35. The van der Waals surface area contributed by atoms with E-state index in [1.54, 1.807) is 7.11 Å². The van der Waals surface area contributed by atoms with Crippen molar-refractivity contribution in [2.24, 2.45) is 0 Å². The zero-order valence-electron chi connectivity index (χ0n) is 12.4. The van der Waals surface area contributed by atoms with Gasteiger partial charge in [0.15, 0.2) is 0 Å². The van der Waals surface area contributed by atoms with Crippen molar-refractivity contribution in [2.45, 2.75) is 11.8 Å².